The van der Waals surface area contributed by atoms with Crippen molar-refractivity contribution in [2.75, 3.05) is 14.7 Å². The van der Waals surface area contributed by atoms with Gasteiger partial charge in [-0.2, -0.15) is 0 Å². The Morgan fingerprint density at radius 1 is 0.338 bits per heavy atom. The Kier molecular flexibility index (Phi) is 11.1. The van der Waals surface area contributed by atoms with Crippen LogP contribution in [0.3, 0.4) is 0 Å². The van der Waals surface area contributed by atoms with E-state index in [9.17, 15) is 0 Å². The lowest BCUT2D eigenvalue weighted by Crippen LogP contribution is -2.62. The molecule has 0 spiro atoms. The van der Waals surface area contributed by atoms with Crippen LogP contribution in [0.5, 0.6) is 0 Å². The van der Waals surface area contributed by atoms with Gasteiger partial charge in [0, 0.05) is 45.5 Å². The maximum Gasteiger partial charge on any atom is 0.252 e. The van der Waals surface area contributed by atoms with Crippen LogP contribution in [0.15, 0.2) is 164 Å². The number of aryl methyl sites for hydroxylation is 1. The van der Waals surface area contributed by atoms with Crippen LogP contribution < -0.4 is 31.1 Å². The molecule has 0 fully saturated rings. The minimum atomic E-state index is -0.0364. The molecule has 0 atom stereocenters. The average molecular weight is 1010 g/mol. The van der Waals surface area contributed by atoms with E-state index in [2.05, 4.69) is 269 Å². The van der Waals surface area contributed by atoms with Gasteiger partial charge >= 0.3 is 0 Å². The fraction of sp³-hybridized carbons (Fsp3) is 0.342. The monoisotopic (exact) mass is 1010 g/mol. The average Bonchev–Trinajstić information content (AvgIpc) is 3.48. The maximum atomic E-state index is 2.76. The van der Waals surface area contributed by atoms with Gasteiger partial charge in [-0.05, 0) is 211 Å². The summed E-state index contributed by atoms with van der Waals surface area (Å²) in [5, 5.41) is 0. The van der Waals surface area contributed by atoms with Gasteiger partial charge in [-0.15, -0.1) is 0 Å². The summed E-state index contributed by atoms with van der Waals surface area (Å²) < 4.78 is 0. The van der Waals surface area contributed by atoms with Crippen molar-refractivity contribution in [1.82, 2.24) is 0 Å². The van der Waals surface area contributed by atoms with E-state index in [-0.39, 0.29) is 39.2 Å². The van der Waals surface area contributed by atoms with E-state index in [1.807, 2.05) is 0 Å². The van der Waals surface area contributed by atoms with Gasteiger partial charge in [0.25, 0.3) is 6.71 Å². The maximum absolute atomic E-state index is 2.76. The molecule has 0 aromatic heterocycles. The van der Waals surface area contributed by atoms with Crippen LogP contribution in [-0.2, 0) is 32.5 Å². The molecular formula is C73H78BN3. The van der Waals surface area contributed by atoms with Crippen LogP contribution in [0.25, 0.3) is 11.1 Å². The number of benzene rings is 8. The first-order valence-electron chi connectivity index (χ1n) is 28.9. The van der Waals surface area contributed by atoms with Gasteiger partial charge in [0.15, 0.2) is 0 Å². The molecule has 3 aliphatic carbocycles. The van der Waals surface area contributed by atoms with E-state index in [1.54, 1.807) is 0 Å². The molecule has 0 bridgehead atoms. The number of fused-ring (bicyclic) bond motifs is 7. The molecule has 0 saturated heterocycles. The van der Waals surface area contributed by atoms with Crippen LogP contribution in [0, 0.1) is 6.92 Å². The highest BCUT2D eigenvalue weighted by Crippen LogP contribution is 2.56. The smallest absolute Gasteiger partial charge is 0.252 e. The van der Waals surface area contributed by atoms with Crippen molar-refractivity contribution in [2.24, 2.45) is 0 Å². The predicted octanol–water partition coefficient (Wildman–Crippen LogP) is 18.3. The molecule has 2 aliphatic heterocycles. The summed E-state index contributed by atoms with van der Waals surface area (Å²) in [5.41, 5.74) is 28.0. The summed E-state index contributed by atoms with van der Waals surface area (Å²) in [6.07, 6.45) is 6.97. The number of rotatable bonds is 6. The molecule has 0 unspecified atom stereocenters. The van der Waals surface area contributed by atoms with Gasteiger partial charge in [0.2, 0.25) is 0 Å². The number of nitrogens with zero attached hydrogens (tertiary/aromatic N) is 3. The quantitative estimate of drug-likeness (QED) is 0.154. The van der Waals surface area contributed by atoms with Crippen LogP contribution in [0.2, 0.25) is 0 Å². The third kappa shape index (κ3) is 7.80. The van der Waals surface area contributed by atoms with Crippen molar-refractivity contribution in [3.05, 3.63) is 203 Å². The van der Waals surface area contributed by atoms with Gasteiger partial charge in [-0.25, -0.2) is 0 Å². The molecule has 0 amide bonds. The minimum Gasteiger partial charge on any atom is -0.311 e. The third-order valence-electron chi connectivity index (χ3n) is 19.9. The Balaban J connectivity index is 1.20. The topological polar surface area (TPSA) is 9.72 Å². The first kappa shape index (κ1) is 49.8. The third-order valence-corrected chi connectivity index (χ3v) is 19.9. The molecule has 0 saturated carbocycles. The van der Waals surface area contributed by atoms with E-state index >= 15 is 0 Å². The van der Waals surface area contributed by atoms with Crippen LogP contribution >= 0.6 is 0 Å². The van der Waals surface area contributed by atoms with Gasteiger partial charge in [-0.3, -0.25) is 0 Å². The molecule has 4 heteroatoms. The first-order valence-corrected chi connectivity index (χ1v) is 28.9. The van der Waals surface area contributed by atoms with Gasteiger partial charge in [-0.1, -0.05) is 180 Å². The summed E-state index contributed by atoms with van der Waals surface area (Å²) in [7, 11) is 0. The van der Waals surface area contributed by atoms with E-state index in [0.29, 0.717) is 0 Å². The van der Waals surface area contributed by atoms with Crippen molar-refractivity contribution in [1.29, 1.82) is 0 Å². The zero-order valence-corrected chi connectivity index (χ0v) is 48.3. The summed E-state index contributed by atoms with van der Waals surface area (Å²) in [6, 6.07) is 63.8. The van der Waals surface area contributed by atoms with Crippen molar-refractivity contribution >= 4 is 74.3 Å². The Hall–Kier alpha value is -6.78. The number of anilines is 9. The molecule has 388 valence electrons. The van der Waals surface area contributed by atoms with Crippen molar-refractivity contribution < 1.29 is 0 Å². The Morgan fingerprint density at radius 2 is 0.779 bits per heavy atom. The predicted molar refractivity (Wildman–Crippen MR) is 331 cm³/mol. The van der Waals surface area contributed by atoms with Crippen molar-refractivity contribution in [2.45, 2.75) is 161 Å². The first-order chi connectivity index (χ1) is 36.5. The Labute approximate surface area is 461 Å². The fourth-order valence-electron chi connectivity index (χ4n) is 14.8. The van der Waals surface area contributed by atoms with Crippen molar-refractivity contribution in [3.8, 4) is 11.1 Å². The lowest BCUT2D eigenvalue weighted by atomic mass is 9.33. The second-order valence-electron chi connectivity index (χ2n) is 27.8. The zero-order valence-electron chi connectivity index (χ0n) is 48.3. The van der Waals surface area contributed by atoms with Gasteiger partial charge in [0.05, 0.1) is 5.69 Å². The molecule has 8 aromatic carbocycles. The summed E-state index contributed by atoms with van der Waals surface area (Å²) in [6.45, 7) is 32.1. The Bertz CT molecular complexity index is 3630. The van der Waals surface area contributed by atoms with Gasteiger partial charge in [0.1, 0.15) is 0 Å². The van der Waals surface area contributed by atoms with Gasteiger partial charge < -0.3 is 14.7 Å². The molecule has 2 heterocycles. The van der Waals surface area contributed by atoms with Crippen molar-refractivity contribution in [3.63, 3.8) is 0 Å². The molecule has 77 heavy (non-hydrogen) atoms. The summed E-state index contributed by atoms with van der Waals surface area (Å²) in [5.74, 6) is 0. The molecule has 5 aliphatic rings. The van der Waals surface area contributed by atoms with E-state index in [4.69, 9.17) is 0 Å². The number of para-hydroxylation sites is 2. The lowest BCUT2D eigenvalue weighted by molar-refractivity contribution is 0.331. The SMILES string of the molecule is Cc1cc2c(cc1N1c3cc4c(cc3B3c5ccc(-c6ccccc6)cc5N(c5ccc6c(c5)C(C)(C)CCC6(C)C)c5cc(N(c6ccccc6)c6ccccc6)cc1c53)C(C)(C)CCC4(C)C)C(C)(C)CCC2(C)C. The molecular weight excluding hydrogens is 930 g/mol. The molecule has 0 N–H and O–H groups in total. The number of hydrogen-bond donors (Lipinski definition) is 0. The largest absolute Gasteiger partial charge is 0.311 e. The number of hydrogen-bond acceptors (Lipinski definition) is 3. The molecule has 0 radical (unpaired) electrons. The normalized spacial score (nSPS) is 19.2. The van der Waals surface area contributed by atoms with E-state index in [1.165, 1.54) is 113 Å². The second kappa shape index (κ2) is 17.1. The minimum absolute atomic E-state index is 0.00775. The van der Waals surface area contributed by atoms with Crippen LogP contribution in [0.4, 0.5) is 51.2 Å². The molecule has 3 nitrogen and oxygen atoms in total. The highest BCUT2D eigenvalue weighted by atomic mass is 15.2. The lowest BCUT2D eigenvalue weighted by Gasteiger charge is -2.49. The Morgan fingerprint density at radius 3 is 1.32 bits per heavy atom. The second-order valence-corrected chi connectivity index (χ2v) is 27.8. The molecule has 8 aromatic rings. The van der Waals surface area contributed by atoms with E-state index < -0.39 is 0 Å². The fourth-order valence-corrected chi connectivity index (χ4v) is 14.8. The van der Waals surface area contributed by atoms with E-state index in [0.717, 1.165) is 42.7 Å². The highest BCUT2D eigenvalue weighted by molar-refractivity contribution is 7.00. The van der Waals surface area contributed by atoms with Crippen LogP contribution in [-0.4, -0.2) is 6.71 Å². The summed E-state index contributed by atoms with van der Waals surface area (Å²) in [4.78, 5) is 7.94. The highest BCUT2D eigenvalue weighted by Gasteiger charge is 2.49. The van der Waals surface area contributed by atoms with Crippen LogP contribution in [0.1, 0.15) is 161 Å². The standard InChI is InChI=1S/C73H78BN3/c1-47-39-55-58(72(10,11)37-35-69(55,4)5)45-62(47)77-64-46-59-57(71(8,9)36-38-73(59,12)13)44-61(64)74-60-32-29-49(48-23-17-14-18-24-48)40-63(60)76(52-30-31-54-56(41-52)70(6,7)34-33-68(54,2)3)65-42-53(43-66(77)67(65)74)75(50-25-19-15-20-26-50)51-27-21-16-22-28-51/h14-32,39-46H,33-38H2,1-13H3. The molecule has 13 rings (SSSR count). The summed E-state index contributed by atoms with van der Waals surface area (Å²) >= 11 is 0. The zero-order chi connectivity index (χ0) is 53.8.